The van der Waals surface area contributed by atoms with Gasteiger partial charge in [-0.3, -0.25) is 0 Å². The van der Waals surface area contributed by atoms with Gasteiger partial charge in [-0.25, -0.2) is 4.79 Å². The third-order valence-electron chi connectivity index (χ3n) is 2.22. The fourth-order valence-corrected chi connectivity index (χ4v) is 1.94. The average molecular weight is 302 g/mol. The summed E-state index contributed by atoms with van der Waals surface area (Å²) in [6.07, 6.45) is 1.24. The molecule has 0 aliphatic rings. The van der Waals surface area contributed by atoms with Crippen molar-refractivity contribution >= 4 is 22.3 Å². The molecule has 0 atom stereocenters. The number of hydrogen-bond donors (Lipinski definition) is 0. The largest absolute Gasteiger partial charge is 0.466 e. The normalized spacial score (nSPS) is 16.5. The Hall–Kier alpha value is -1.57. The summed E-state index contributed by atoms with van der Waals surface area (Å²) >= 11 is 0. The fraction of sp³-hybridized carbons (Fsp3) is 0.182. The van der Waals surface area contributed by atoms with E-state index in [4.69, 9.17) is 0 Å². The molecule has 2 nitrogen and oxygen atoms in total. The lowest BCUT2D eigenvalue weighted by molar-refractivity contribution is -0.135. The van der Waals surface area contributed by atoms with Gasteiger partial charge in [0.2, 0.25) is 0 Å². The van der Waals surface area contributed by atoms with Crippen LogP contribution >= 0.6 is 10.2 Å². The zero-order chi connectivity index (χ0) is 15.0. The zero-order valence-corrected chi connectivity index (χ0v) is 10.8. The van der Waals surface area contributed by atoms with Crippen molar-refractivity contribution in [2.45, 2.75) is 11.8 Å². The molecule has 1 rings (SSSR count). The van der Waals surface area contributed by atoms with E-state index in [1.54, 1.807) is 0 Å². The van der Waals surface area contributed by atoms with Crippen LogP contribution in [0.4, 0.5) is 19.4 Å². The molecule has 1 aromatic carbocycles. The lowest BCUT2D eigenvalue weighted by Crippen LogP contribution is -2.05. The summed E-state index contributed by atoms with van der Waals surface area (Å²) in [5.41, 5.74) is 0.330. The molecule has 108 valence electrons. The van der Waals surface area contributed by atoms with Crippen molar-refractivity contribution in [3.8, 4) is 0 Å². The highest BCUT2D eigenvalue weighted by Crippen LogP contribution is 3.02. The maximum Gasteiger partial charge on any atom is 0.333 e. The van der Waals surface area contributed by atoms with Gasteiger partial charge in [0.25, 0.3) is 0 Å². The fourth-order valence-electron chi connectivity index (χ4n) is 1.29. The summed E-state index contributed by atoms with van der Waals surface area (Å²) in [5, 5.41) is 0. The van der Waals surface area contributed by atoms with Crippen LogP contribution in [0.25, 0.3) is 6.08 Å². The highest BCUT2D eigenvalue weighted by atomic mass is 32.5. The minimum absolute atomic E-state index is 0.141. The Labute approximate surface area is 106 Å². The van der Waals surface area contributed by atoms with Crippen molar-refractivity contribution in [2.75, 3.05) is 7.11 Å². The van der Waals surface area contributed by atoms with E-state index in [0.29, 0.717) is 0 Å². The van der Waals surface area contributed by atoms with E-state index in [-0.39, 0.29) is 23.3 Å². The molecule has 0 aliphatic carbocycles. The lowest BCUT2D eigenvalue weighted by atomic mass is 10.1. The molecule has 0 saturated heterocycles. The smallest absolute Gasteiger partial charge is 0.333 e. The molecule has 8 heteroatoms. The predicted molar refractivity (Wildman–Crippen MR) is 63.5 cm³/mol. The summed E-state index contributed by atoms with van der Waals surface area (Å²) in [6, 6.07) is 2.30. The molecule has 1 aromatic rings. The highest BCUT2D eigenvalue weighted by molar-refractivity contribution is 8.45. The van der Waals surface area contributed by atoms with Crippen LogP contribution in [0.3, 0.4) is 0 Å². The number of esters is 1. The van der Waals surface area contributed by atoms with Gasteiger partial charge < -0.3 is 4.74 Å². The first-order valence-corrected chi connectivity index (χ1v) is 6.89. The monoisotopic (exact) mass is 302 g/mol. The van der Waals surface area contributed by atoms with Crippen LogP contribution in [0.2, 0.25) is 0 Å². The molecule has 0 heterocycles. The molecule has 0 radical (unpaired) electrons. The van der Waals surface area contributed by atoms with Crippen LogP contribution < -0.4 is 0 Å². The second-order valence-electron chi connectivity index (χ2n) is 3.86. The summed E-state index contributed by atoms with van der Waals surface area (Å²) in [6.45, 7) is 1.39. The van der Waals surface area contributed by atoms with E-state index in [2.05, 4.69) is 4.74 Å². The first-order chi connectivity index (χ1) is 8.33. The number of methoxy groups -OCH3 is 1. The summed E-state index contributed by atoms with van der Waals surface area (Å²) < 4.78 is 66.6. The van der Waals surface area contributed by atoms with Gasteiger partial charge in [0.1, 0.15) is 4.90 Å². The summed E-state index contributed by atoms with van der Waals surface area (Å²) in [7, 11) is -8.49. The lowest BCUT2D eigenvalue weighted by Gasteiger charge is -2.40. The number of benzene rings is 1. The van der Waals surface area contributed by atoms with E-state index in [0.717, 1.165) is 19.2 Å². The first-order valence-electron chi connectivity index (χ1n) is 4.94. The number of ether oxygens (including phenoxy) is 1. The molecule has 19 heavy (non-hydrogen) atoms. The van der Waals surface area contributed by atoms with E-state index < -0.39 is 21.1 Å². The Morgan fingerprint density at radius 2 is 1.58 bits per heavy atom. The molecule has 0 aliphatic heterocycles. The Balaban J connectivity index is 3.13. The first kappa shape index (κ1) is 15.5. The van der Waals surface area contributed by atoms with Crippen LogP contribution in [0.1, 0.15) is 12.5 Å². The van der Waals surface area contributed by atoms with Crippen molar-refractivity contribution < 1.29 is 29.0 Å². The van der Waals surface area contributed by atoms with Gasteiger partial charge in [0.15, 0.2) is 0 Å². The van der Waals surface area contributed by atoms with E-state index in [1.807, 2.05) is 0 Å². The molecule has 0 spiro atoms. The van der Waals surface area contributed by atoms with Gasteiger partial charge in [0.05, 0.1) is 7.11 Å². The van der Waals surface area contributed by atoms with Crippen molar-refractivity contribution in [1.82, 2.24) is 0 Å². The van der Waals surface area contributed by atoms with Gasteiger partial charge in [-0.2, -0.15) is 0 Å². The van der Waals surface area contributed by atoms with Crippen molar-refractivity contribution in [2.24, 2.45) is 0 Å². The van der Waals surface area contributed by atoms with Crippen LogP contribution in [-0.4, -0.2) is 13.1 Å². The van der Waals surface area contributed by atoms with Crippen LogP contribution in [0.5, 0.6) is 0 Å². The second kappa shape index (κ2) is 3.96. The highest BCUT2D eigenvalue weighted by Gasteiger charge is 2.65. The van der Waals surface area contributed by atoms with Crippen LogP contribution in [0.15, 0.2) is 34.7 Å². The molecule has 0 amide bonds. The van der Waals surface area contributed by atoms with Crippen molar-refractivity contribution in [1.29, 1.82) is 0 Å². The SMILES string of the molecule is COC(=O)/C(C)=C/c1ccc(S(F)(F)(F)(F)F)cc1. The maximum atomic E-state index is 12.4. The Bertz CT molecular complexity index is 530. The van der Waals surface area contributed by atoms with Crippen molar-refractivity contribution in [3.63, 3.8) is 0 Å². The average Bonchev–Trinajstić information content (AvgIpc) is 2.25. The second-order valence-corrected chi connectivity index (χ2v) is 6.27. The molecule has 0 fully saturated rings. The van der Waals surface area contributed by atoms with E-state index in [1.165, 1.54) is 13.0 Å². The number of rotatable bonds is 3. The van der Waals surface area contributed by atoms with Gasteiger partial charge in [0, 0.05) is 5.57 Å². The molecular formula is C11H11F5O2S. The summed E-state index contributed by atoms with van der Waals surface area (Å²) in [4.78, 5) is 9.09. The minimum Gasteiger partial charge on any atom is -0.466 e. The van der Waals surface area contributed by atoms with E-state index >= 15 is 0 Å². The third-order valence-corrected chi connectivity index (χ3v) is 3.38. The quantitative estimate of drug-likeness (QED) is 0.450. The maximum absolute atomic E-state index is 12.4. The number of halogens is 5. The number of hydrogen-bond acceptors (Lipinski definition) is 2. The summed E-state index contributed by atoms with van der Waals surface area (Å²) in [5.74, 6) is -0.656. The van der Waals surface area contributed by atoms with Gasteiger partial charge in [-0.1, -0.05) is 31.6 Å². The minimum atomic E-state index is -9.64. The molecule has 0 N–H and O–H groups in total. The predicted octanol–water partition coefficient (Wildman–Crippen LogP) is 4.92. The number of carbonyl (C=O) groups excluding carboxylic acids is 1. The topological polar surface area (TPSA) is 26.3 Å². The molecular weight excluding hydrogens is 291 g/mol. The van der Waals surface area contributed by atoms with Crippen molar-refractivity contribution in [3.05, 3.63) is 35.4 Å². The van der Waals surface area contributed by atoms with E-state index in [9.17, 15) is 24.2 Å². The molecule has 0 bridgehead atoms. The Kier molecular flexibility index (Phi) is 3.23. The number of carbonyl (C=O) groups is 1. The molecule has 0 saturated carbocycles. The Morgan fingerprint density at radius 1 is 1.11 bits per heavy atom. The molecule has 0 unspecified atom stereocenters. The van der Waals surface area contributed by atoms with Gasteiger partial charge in [-0.15, -0.1) is 0 Å². The van der Waals surface area contributed by atoms with Gasteiger partial charge in [-0.05, 0) is 30.7 Å². The third kappa shape index (κ3) is 4.23. The van der Waals surface area contributed by atoms with Gasteiger partial charge >= 0.3 is 16.2 Å². The Morgan fingerprint density at radius 3 is 1.95 bits per heavy atom. The molecule has 0 aromatic heterocycles. The zero-order valence-electron chi connectivity index (χ0n) is 10.0. The van der Waals surface area contributed by atoms with Crippen LogP contribution in [-0.2, 0) is 9.53 Å². The van der Waals surface area contributed by atoms with Crippen LogP contribution in [0, 0.1) is 0 Å². The standard InChI is InChI=1S/C11H11F5O2S/c1-8(11(17)18-2)7-9-3-5-10(6-4-9)19(12,13,14,15)16/h3-7H,1-2H3/b8-7+.